The molecule has 1 atom stereocenters. The van der Waals surface area contributed by atoms with Gasteiger partial charge in [-0.2, -0.15) is 0 Å². The van der Waals surface area contributed by atoms with E-state index < -0.39 is 0 Å². The fraction of sp³-hybridized carbons (Fsp3) is 0.571. The van der Waals surface area contributed by atoms with E-state index in [2.05, 4.69) is 26.1 Å². The van der Waals surface area contributed by atoms with Crippen LogP contribution in [0.5, 0.6) is 0 Å². The van der Waals surface area contributed by atoms with E-state index in [1.165, 1.54) is 12.8 Å². The first-order chi connectivity index (χ1) is 8.75. The molecule has 1 aliphatic heterocycles. The molecule has 2 fully saturated rings. The van der Waals surface area contributed by atoms with Crippen LogP contribution in [0.1, 0.15) is 24.4 Å². The van der Waals surface area contributed by atoms with Crippen LogP contribution in [0.2, 0.25) is 0 Å². The van der Waals surface area contributed by atoms with Gasteiger partial charge < -0.3 is 5.32 Å². The predicted molar refractivity (Wildman–Crippen MR) is 74.0 cm³/mol. The summed E-state index contributed by atoms with van der Waals surface area (Å²) in [6.45, 7) is 4.08. The third kappa shape index (κ3) is 2.60. The highest BCUT2D eigenvalue weighted by Crippen LogP contribution is 2.45. The van der Waals surface area contributed by atoms with Crippen LogP contribution >= 0.6 is 15.9 Å². The smallest absolute Gasteiger partial charge is 0.129 e. The van der Waals surface area contributed by atoms with Crippen molar-refractivity contribution in [1.82, 2.24) is 10.2 Å². The molecule has 1 aliphatic carbocycles. The average molecular weight is 313 g/mol. The summed E-state index contributed by atoms with van der Waals surface area (Å²) in [6.07, 6.45) is 2.48. The maximum absolute atomic E-state index is 14.2. The number of nitrogens with one attached hydrogen (secondary N) is 1. The van der Waals surface area contributed by atoms with Crippen LogP contribution in [0, 0.1) is 11.7 Å². The van der Waals surface area contributed by atoms with Gasteiger partial charge in [0.15, 0.2) is 0 Å². The molecule has 0 radical (unpaired) electrons. The van der Waals surface area contributed by atoms with E-state index >= 15 is 0 Å². The number of halogens is 2. The lowest BCUT2D eigenvalue weighted by molar-refractivity contribution is 0.153. The molecule has 0 spiro atoms. The van der Waals surface area contributed by atoms with Crippen molar-refractivity contribution in [3.05, 3.63) is 34.1 Å². The van der Waals surface area contributed by atoms with E-state index in [0.717, 1.165) is 36.2 Å². The van der Waals surface area contributed by atoms with Crippen molar-refractivity contribution in [2.75, 3.05) is 26.2 Å². The number of benzene rings is 1. The Morgan fingerprint density at radius 2 is 2.00 bits per heavy atom. The molecule has 1 aromatic carbocycles. The zero-order valence-corrected chi connectivity index (χ0v) is 11.9. The molecule has 0 amide bonds. The zero-order valence-electron chi connectivity index (χ0n) is 10.3. The quantitative estimate of drug-likeness (QED) is 0.923. The summed E-state index contributed by atoms with van der Waals surface area (Å²) in [4.78, 5) is 2.44. The highest BCUT2D eigenvalue weighted by Gasteiger charge is 2.37. The molecule has 1 saturated carbocycles. The number of hydrogen-bond acceptors (Lipinski definition) is 2. The summed E-state index contributed by atoms with van der Waals surface area (Å²) < 4.78 is 15.0. The molecule has 1 saturated heterocycles. The molecule has 2 nitrogen and oxygen atoms in total. The Labute approximate surface area is 116 Å². The average Bonchev–Trinajstić information content (AvgIpc) is 3.18. The summed E-state index contributed by atoms with van der Waals surface area (Å²) in [7, 11) is 0. The van der Waals surface area contributed by atoms with Gasteiger partial charge in [-0.1, -0.05) is 22.0 Å². The van der Waals surface area contributed by atoms with Gasteiger partial charge in [-0.3, -0.25) is 4.90 Å². The van der Waals surface area contributed by atoms with Gasteiger partial charge in [0, 0.05) is 42.3 Å². The lowest BCUT2D eigenvalue weighted by Gasteiger charge is -2.35. The molecule has 1 heterocycles. The third-order valence-corrected chi connectivity index (χ3v) is 4.39. The number of nitrogens with zero attached hydrogens (tertiary/aromatic N) is 1. The largest absolute Gasteiger partial charge is 0.314 e. The van der Waals surface area contributed by atoms with Gasteiger partial charge >= 0.3 is 0 Å². The summed E-state index contributed by atoms with van der Waals surface area (Å²) in [5, 5.41) is 3.36. The fourth-order valence-corrected chi connectivity index (χ4v) is 3.20. The number of hydrogen-bond donors (Lipinski definition) is 1. The van der Waals surface area contributed by atoms with Crippen LogP contribution in [-0.4, -0.2) is 31.1 Å². The molecule has 3 rings (SSSR count). The maximum atomic E-state index is 14.2. The molecule has 18 heavy (non-hydrogen) atoms. The Balaban J connectivity index is 1.88. The summed E-state index contributed by atoms with van der Waals surface area (Å²) in [6, 6.07) is 5.77. The minimum absolute atomic E-state index is 0.0696. The van der Waals surface area contributed by atoms with Crippen LogP contribution in [0.15, 0.2) is 22.7 Å². The highest BCUT2D eigenvalue weighted by atomic mass is 79.9. The molecule has 2 aliphatic rings. The van der Waals surface area contributed by atoms with Gasteiger partial charge in [-0.25, -0.2) is 4.39 Å². The van der Waals surface area contributed by atoms with Crippen molar-refractivity contribution in [2.24, 2.45) is 5.92 Å². The molecule has 1 aromatic rings. The van der Waals surface area contributed by atoms with E-state index in [1.807, 2.05) is 12.1 Å². The molecular weight excluding hydrogens is 295 g/mol. The van der Waals surface area contributed by atoms with E-state index in [1.54, 1.807) is 6.07 Å². The van der Waals surface area contributed by atoms with Crippen molar-refractivity contribution in [3.8, 4) is 0 Å². The van der Waals surface area contributed by atoms with Gasteiger partial charge in [-0.15, -0.1) is 0 Å². The maximum Gasteiger partial charge on any atom is 0.129 e. The van der Waals surface area contributed by atoms with Gasteiger partial charge in [0.25, 0.3) is 0 Å². The summed E-state index contributed by atoms with van der Waals surface area (Å²) >= 11 is 3.33. The normalized spacial score (nSPS) is 23.0. The number of piperazine rings is 1. The monoisotopic (exact) mass is 312 g/mol. The second-order valence-electron chi connectivity index (χ2n) is 5.23. The van der Waals surface area contributed by atoms with E-state index in [9.17, 15) is 4.39 Å². The van der Waals surface area contributed by atoms with Crippen LogP contribution in [-0.2, 0) is 0 Å². The van der Waals surface area contributed by atoms with E-state index in [4.69, 9.17) is 0 Å². The second kappa shape index (κ2) is 5.27. The minimum atomic E-state index is -0.0696. The van der Waals surface area contributed by atoms with Gasteiger partial charge in [0.2, 0.25) is 0 Å². The summed E-state index contributed by atoms with van der Waals surface area (Å²) in [5.74, 6) is 0.582. The van der Waals surface area contributed by atoms with Crippen molar-refractivity contribution in [1.29, 1.82) is 0 Å². The Kier molecular flexibility index (Phi) is 3.68. The topological polar surface area (TPSA) is 15.3 Å². The van der Waals surface area contributed by atoms with E-state index in [0.29, 0.717) is 5.92 Å². The van der Waals surface area contributed by atoms with Gasteiger partial charge in [0.1, 0.15) is 5.82 Å². The Bertz CT molecular complexity index is 428. The van der Waals surface area contributed by atoms with Crippen molar-refractivity contribution in [2.45, 2.75) is 18.9 Å². The highest BCUT2D eigenvalue weighted by molar-refractivity contribution is 9.10. The molecule has 98 valence electrons. The molecule has 0 unspecified atom stereocenters. The second-order valence-corrected chi connectivity index (χ2v) is 6.15. The van der Waals surface area contributed by atoms with Crippen molar-refractivity contribution in [3.63, 3.8) is 0 Å². The van der Waals surface area contributed by atoms with Crippen LogP contribution in [0.3, 0.4) is 0 Å². The predicted octanol–water partition coefficient (Wildman–Crippen LogP) is 2.94. The van der Waals surface area contributed by atoms with Crippen molar-refractivity contribution < 1.29 is 4.39 Å². The van der Waals surface area contributed by atoms with Gasteiger partial charge in [-0.05, 0) is 30.9 Å². The minimum Gasteiger partial charge on any atom is -0.314 e. The Hall–Kier alpha value is -0.450. The first kappa shape index (κ1) is 12.6. The summed E-state index contributed by atoms with van der Waals surface area (Å²) in [5.41, 5.74) is 0.877. The zero-order chi connectivity index (χ0) is 12.5. The lowest BCUT2D eigenvalue weighted by atomic mass is 9.99. The third-order valence-electron chi connectivity index (χ3n) is 3.89. The van der Waals surface area contributed by atoms with Gasteiger partial charge in [0.05, 0.1) is 0 Å². The number of rotatable bonds is 3. The molecule has 0 bridgehead atoms. The van der Waals surface area contributed by atoms with Crippen LogP contribution in [0.4, 0.5) is 4.39 Å². The first-order valence-electron chi connectivity index (χ1n) is 6.65. The van der Waals surface area contributed by atoms with E-state index in [-0.39, 0.29) is 11.9 Å². The SMILES string of the molecule is Fc1cc(Br)ccc1[C@@H](C1CC1)N1CCNCC1. The Morgan fingerprint density at radius 3 is 2.61 bits per heavy atom. The molecule has 0 aromatic heterocycles. The Morgan fingerprint density at radius 1 is 1.28 bits per heavy atom. The molecular formula is C14H18BrFN2. The van der Waals surface area contributed by atoms with Crippen molar-refractivity contribution >= 4 is 15.9 Å². The molecule has 4 heteroatoms. The molecule has 1 N–H and O–H groups in total. The first-order valence-corrected chi connectivity index (χ1v) is 7.45. The van der Waals surface area contributed by atoms with Crippen LogP contribution < -0.4 is 5.32 Å². The fourth-order valence-electron chi connectivity index (χ4n) is 2.86. The van der Waals surface area contributed by atoms with Crippen LogP contribution in [0.25, 0.3) is 0 Å². The lowest BCUT2D eigenvalue weighted by Crippen LogP contribution is -2.45. The standard InChI is InChI=1S/C14H18BrFN2/c15-11-3-4-12(13(16)9-11)14(10-1-2-10)18-7-5-17-6-8-18/h3-4,9-10,14,17H,1-2,5-8H2/t14-/m1/s1.